The highest BCUT2D eigenvalue weighted by Gasteiger charge is 2.26. The molecule has 1 aromatic heterocycles. The first-order chi connectivity index (χ1) is 13.1. The molecular weight excluding hydrogens is 346 g/mol. The fourth-order valence-corrected chi connectivity index (χ4v) is 3.53. The van der Waals surface area contributed by atoms with Crippen molar-refractivity contribution in [2.24, 2.45) is 0 Å². The van der Waals surface area contributed by atoms with Crippen LogP contribution in [0, 0.1) is 0 Å². The smallest absolute Gasteiger partial charge is 0.146 e. The first-order valence-corrected chi connectivity index (χ1v) is 9.69. The van der Waals surface area contributed by atoms with Gasteiger partial charge in [-0.1, -0.05) is 77.9 Å². The van der Waals surface area contributed by atoms with Gasteiger partial charge in [-0.2, -0.15) is 0 Å². The van der Waals surface area contributed by atoms with Crippen LogP contribution in [0.2, 0.25) is 0 Å². The molecule has 28 heavy (non-hydrogen) atoms. The Bertz CT molecular complexity index is 1190. The molecule has 0 spiro atoms. The van der Waals surface area contributed by atoms with E-state index in [2.05, 4.69) is 70.9 Å². The SMILES string of the molecule is CC(C)(C)c1cc(-n2nc3ccc4ccccc4c3n2)c(O)c(C(C)(C)C)c1. The van der Waals surface area contributed by atoms with Crippen molar-refractivity contribution in [3.63, 3.8) is 0 Å². The number of benzene rings is 3. The van der Waals surface area contributed by atoms with Crippen molar-refractivity contribution in [1.82, 2.24) is 15.0 Å². The second-order valence-electron chi connectivity index (χ2n) is 9.54. The minimum Gasteiger partial charge on any atom is -0.505 e. The monoisotopic (exact) mass is 373 g/mol. The van der Waals surface area contributed by atoms with Gasteiger partial charge in [-0.05, 0) is 33.9 Å². The van der Waals surface area contributed by atoms with E-state index < -0.39 is 0 Å². The summed E-state index contributed by atoms with van der Waals surface area (Å²) in [5.41, 5.74) is 4.09. The molecule has 3 aromatic carbocycles. The van der Waals surface area contributed by atoms with Gasteiger partial charge in [0, 0.05) is 10.9 Å². The zero-order chi connectivity index (χ0) is 20.3. The number of nitrogens with zero attached hydrogens (tertiary/aromatic N) is 3. The van der Waals surface area contributed by atoms with Gasteiger partial charge >= 0.3 is 0 Å². The molecule has 0 fully saturated rings. The molecule has 0 bridgehead atoms. The third-order valence-electron chi connectivity index (χ3n) is 5.26. The minimum absolute atomic E-state index is 0.0538. The maximum Gasteiger partial charge on any atom is 0.146 e. The lowest BCUT2D eigenvalue weighted by atomic mass is 9.80. The summed E-state index contributed by atoms with van der Waals surface area (Å²) in [5.74, 6) is 0.241. The number of aromatic nitrogens is 3. The van der Waals surface area contributed by atoms with Gasteiger partial charge in [0.15, 0.2) is 0 Å². The van der Waals surface area contributed by atoms with Crippen LogP contribution in [-0.4, -0.2) is 20.1 Å². The highest BCUT2D eigenvalue weighted by atomic mass is 16.3. The number of rotatable bonds is 1. The van der Waals surface area contributed by atoms with Crippen molar-refractivity contribution in [2.75, 3.05) is 0 Å². The lowest BCUT2D eigenvalue weighted by Crippen LogP contribution is -2.18. The molecule has 4 rings (SSSR count). The van der Waals surface area contributed by atoms with Crippen LogP contribution < -0.4 is 0 Å². The highest BCUT2D eigenvalue weighted by Crippen LogP contribution is 2.39. The molecule has 0 aliphatic carbocycles. The number of phenolic OH excluding ortho intramolecular Hbond substituents is 1. The van der Waals surface area contributed by atoms with E-state index in [4.69, 9.17) is 5.10 Å². The van der Waals surface area contributed by atoms with E-state index in [9.17, 15) is 5.11 Å². The van der Waals surface area contributed by atoms with Gasteiger partial charge in [0.2, 0.25) is 0 Å². The van der Waals surface area contributed by atoms with Crippen LogP contribution in [-0.2, 0) is 10.8 Å². The van der Waals surface area contributed by atoms with E-state index in [0.717, 1.165) is 32.9 Å². The number of hydrogen-bond donors (Lipinski definition) is 1. The Hall–Kier alpha value is -2.88. The fourth-order valence-electron chi connectivity index (χ4n) is 3.53. The maximum absolute atomic E-state index is 11.1. The number of phenols is 1. The second-order valence-corrected chi connectivity index (χ2v) is 9.54. The van der Waals surface area contributed by atoms with Crippen LogP contribution in [0.15, 0.2) is 48.5 Å². The van der Waals surface area contributed by atoms with Crippen molar-refractivity contribution in [2.45, 2.75) is 52.4 Å². The molecule has 144 valence electrons. The molecule has 0 unspecified atom stereocenters. The van der Waals surface area contributed by atoms with Crippen LogP contribution in [0.3, 0.4) is 0 Å². The Balaban J connectivity index is 2.02. The summed E-state index contributed by atoms with van der Waals surface area (Å²) in [6.45, 7) is 12.9. The third kappa shape index (κ3) is 3.03. The van der Waals surface area contributed by atoms with Crippen molar-refractivity contribution in [3.05, 3.63) is 59.7 Å². The molecule has 0 aliphatic heterocycles. The quantitative estimate of drug-likeness (QED) is 0.454. The second kappa shape index (κ2) is 6.06. The van der Waals surface area contributed by atoms with Gasteiger partial charge in [0.05, 0.1) is 0 Å². The van der Waals surface area contributed by atoms with E-state index in [-0.39, 0.29) is 16.6 Å². The van der Waals surface area contributed by atoms with Gasteiger partial charge in [-0.15, -0.1) is 15.0 Å². The van der Waals surface area contributed by atoms with Gasteiger partial charge in [0.25, 0.3) is 0 Å². The van der Waals surface area contributed by atoms with Gasteiger partial charge in [-0.25, -0.2) is 0 Å². The Morgan fingerprint density at radius 3 is 2.21 bits per heavy atom. The minimum atomic E-state index is -0.195. The normalized spacial score (nSPS) is 12.8. The third-order valence-corrected chi connectivity index (χ3v) is 5.26. The molecule has 4 nitrogen and oxygen atoms in total. The Kier molecular flexibility index (Phi) is 4.00. The molecule has 1 heterocycles. The number of fused-ring (bicyclic) bond motifs is 3. The van der Waals surface area contributed by atoms with Crippen molar-refractivity contribution >= 4 is 21.8 Å². The maximum atomic E-state index is 11.1. The first kappa shape index (κ1) is 18.5. The van der Waals surface area contributed by atoms with Crippen molar-refractivity contribution < 1.29 is 5.11 Å². The van der Waals surface area contributed by atoms with Gasteiger partial charge in [0.1, 0.15) is 22.5 Å². The number of hydrogen-bond acceptors (Lipinski definition) is 3. The average molecular weight is 374 g/mol. The molecule has 4 aromatic rings. The molecule has 1 N–H and O–H groups in total. The summed E-state index contributed by atoms with van der Waals surface area (Å²) < 4.78 is 0. The largest absolute Gasteiger partial charge is 0.505 e. The molecule has 0 saturated carbocycles. The van der Waals surface area contributed by atoms with Crippen LogP contribution in [0.1, 0.15) is 52.7 Å². The van der Waals surface area contributed by atoms with Crippen LogP contribution in [0.5, 0.6) is 5.75 Å². The molecule has 0 amide bonds. The van der Waals surface area contributed by atoms with E-state index in [1.54, 1.807) is 4.80 Å². The van der Waals surface area contributed by atoms with Crippen LogP contribution in [0.25, 0.3) is 27.5 Å². The Morgan fingerprint density at radius 2 is 1.54 bits per heavy atom. The van der Waals surface area contributed by atoms with Gasteiger partial charge in [-0.3, -0.25) is 0 Å². The first-order valence-electron chi connectivity index (χ1n) is 9.69. The van der Waals surface area contributed by atoms with E-state index in [1.165, 1.54) is 0 Å². The van der Waals surface area contributed by atoms with Gasteiger partial charge < -0.3 is 5.11 Å². The van der Waals surface area contributed by atoms with Crippen LogP contribution in [0.4, 0.5) is 0 Å². The van der Waals surface area contributed by atoms with Crippen LogP contribution >= 0.6 is 0 Å². The zero-order valence-electron chi connectivity index (χ0n) is 17.4. The predicted molar refractivity (Wildman–Crippen MR) is 115 cm³/mol. The average Bonchev–Trinajstić information content (AvgIpc) is 3.04. The predicted octanol–water partition coefficient (Wildman–Crippen LogP) is 5.87. The zero-order valence-corrected chi connectivity index (χ0v) is 17.4. The molecule has 4 heteroatoms. The van der Waals surface area contributed by atoms with E-state index in [0.29, 0.717) is 5.69 Å². The lowest BCUT2D eigenvalue weighted by molar-refractivity contribution is 0.438. The van der Waals surface area contributed by atoms with E-state index >= 15 is 0 Å². The lowest BCUT2D eigenvalue weighted by Gasteiger charge is -2.27. The standard InChI is InChI=1S/C24H27N3O/c1-23(2,3)16-13-18(24(4,5)6)22(28)20(14-16)27-25-19-12-11-15-9-7-8-10-17(15)21(19)26-27/h7-14,28H,1-6H3. The molecule has 0 aliphatic rings. The molecular formula is C24H27N3O. The topological polar surface area (TPSA) is 50.9 Å². The summed E-state index contributed by atoms with van der Waals surface area (Å²) in [6.07, 6.45) is 0. The van der Waals surface area contributed by atoms with E-state index in [1.807, 2.05) is 24.3 Å². The van der Waals surface area contributed by atoms with Crippen molar-refractivity contribution in [1.29, 1.82) is 0 Å². The molecule has 0 saturated heterocycles. The Morgan fingerprint density at radius 1 is 0.821 bits per heavy atom. The fraction of sp³-hybridized carbons (Fsp3) is 0.333. The summed E-state index contributed by atoms with van der Waals surface area (Å²) in [7, 11) is 0. The summed E-state index contributed by atoms with van der Waals surface area (Å²) >= 11 is 0. The summed E-state index contributed by atoms with van der Waals surface area (Å²) in [4.78, 5) is 1.58. The molecule has 0 atom stereocenters. The highest BCUT2D eigenvalue weighted by molar-refractivity contribution is 6.03. The Labute approximate surface area is 165 Å². The van der Waals surface area contributed by atoms with Crippen molar-refractivity contribution in [3.8, 4) is 11.4 Å². The summed E-state index contributed by atoms with van der Waals surface area (Å²) in [6, 6.07) is 16.3. The number of aromatic hydroxyl groups is 1. The molecule has 0 radical (unpaired) electrons. The summed E-state index contributed by atoms with van der Waals surface area (Å²) in [5, 5.41) is 22.7.